The second kappa shape index (κ2) is 4.41. The number of halogens is 1. The Kier molecular flexibility index (Phi) is 3.17. The monoisotopic (exact) mass is 282 g/mol. The Balaban J connectivity index is 2.25. The largest absolute Gasteiger partial charge is 0.281 e. The summed E-state index contributed by atoms with van der Waals surface area (Å²) in [7, 11) is 0. The zero-order chi connectivity index (χ0) is 10.8. The highest BCUT2D eigenvalue weighted by Gasteiger charge is 2.07. The Labute approximate surface area is 102 Å². The lowest BCUT2D eigenvalue weighted by molar-refractivity contribution is 1.02. The molecule has 2 nitrogen and oxygen atoms in total. The second-order valence-electron chi connectivity index (χ2n) is 3.32. The standard InChI is InChI=1S/C11H11BrN2S/c1-7-11(8(2)14-13-7)15-10-5-3-9(12)4-6-10/h3-6H,1-2H3,(H,13,14). The summed E-state index contributed by atoms with van der Waals surface area (Å²) in [5, 5.41) is 7.16. The van der Waals surface area contributed by atoms with Crippen LogP contribution >= 0.6 is 27.7 Å². The van der Waals surface area contributed by atoms with Gasteiger partial charge in [-0.3, -0.25) is 5.10 Å². The summed E-state index contributed by atoms with van der Waals surface area (Å²) in [6, 6.07) is 8.29. The van der Waals surface area contributed by atoms with Crippen LogP contribution in [0.1, 0.15) is 11.4 Å². The molecule has 0 bridgehead atoms. The fourth-order valence-electron chi connectivity index (χ4n) is 1.31. The van der Waals surface area contributed by atoms with E-state index in [0.717, 1.165) is 15.9 Å². The molecular weight excluding hydrogens is 272 g/mol. The van der Waals surface area contributed by atoms with Crippen LogP contribution in [0.25, 0.3) is 0 Å². The van der Waals surface area contributed by atoms with Gasteiger partial charge in [-0.05, 0) is 38.1 Å². The topological polar surface area (TPSA) is 28.7 Å². The molecule has 0 aliphatic heterocycles. The van der Waals surface area contributed by atoms with Crippen molar-refractivity contribution in [3.05, 3.63) is 40.1 Å². The molecule has 1 aromatic carbocycles. The zero-order valence-corrected chi connectivity index (χ0v) is 10.9. The van der Waals surface area contributed by atoms with Crippen molar-refractivity contribution in [1.82, 2.24) is 10.2 Å². The Morgan fingerprint density at radius 1 is 1.20 bits per heavy atom. The van der Waals surface area contributed by atoms with Crippen molar-refractivity contribution in [2.45, 2.75) is 23.6 Å². The number of rotatable bonds is 2. The molecular formula is C11H11BrN2S. The Morgan fingerprint density at radius 3 is 2.40 bits per heavy atom. The number of aromatic nitrogens is 2. The van der Waals surface area contributed by atoms with E-state index in [2.05, 4.69) is 38.3 Å². The van der Waals surface area contributed by atoms with Crippen LogP contribution in [0.4, 0.5) is 0 Å². The molecule has 0 fully saturated rings. The number of hydrogen-bond donors (Lipinski definition) is 1. The maximum Gasteiger partial charge on any atom is 0.0733 e. The van der Waals surface area contributed by atoms with Gasteiger partial charge in [-0.1, -0.05) is 27.7 Å². The normalized spacial score (nSPS) is 10.6. The number of aromatic amines is 1. The van der Waals surface area contributed by atoms with Gasteiger partial charge in [0.25, 0.3) is 0 Å². The molecule has 1 heterocycles. The van der Waals surface area contributed by atoms with Crippen molar-refractivity contribution < 1.29 is 0 Å². The minimum atomic E-state index is 1.06. The lowest BCUT2D eigenvalue weighted by Crippen LogP contribution is -1.77. The molecule has 0 atom stereocenters. The first-order valence-electron chi connectivity index (χ1n) is 4.62. The van der Waals surface area contributed by atoms with Crippen molar-refractivity contribution in [3.8, 4) is 0 Å². The van der Waals surface area contributed by atoms with Crippen LogP contribution < -0.4 is 0 Å². The van der Waals surface area contributed by atoms with Crippen molar-refractivity contribution >= 4 is 27.7 Å². The summed E-state index contributed by atoms with van der Waals surface area (Å²) in [5.74, 6) is 0. The summed E-state index contributed by atoms with van der Waals surface area (Å²) < 4.78 is 1.10. The first kappa shape index (κ1) is 10.8. The summed E-state index contributed by atoms with van der Waals surface area (Å²) in [6.07, 6.45) is 0. The van der Waals surface area contributed by atoms with Crippen molar-refractivity contribution in [2.75, 3.05) is 0 Å². The molecule has 2 rings (SSSR count). The minimum absolute atomic E-state index is 1.06. The molecule has 0 aliphatic rings. The van der Waals surface area contributed by atoms with E-state index in [1.165, 1.54) is 9.79 Å². The number of aryl methyl sites for hydroxylation is 2. The van der Waals surface area contributed by atoms with E-state index in [4.69, 9.17) is 0 Å². The first-order chi connectivity index (χ1) is 7.16. The Hall–Kier alpha value is -0.740. The number of H-pyrrole nitrogens is 1. The summed E-state index contributed by atoms with van der Waals surface area (Å²) in [4.78, 5) is 2.45. The average Bonchev–Trinajstić information content (AvgIpc) is 2.53. The molecule has 4 heteroatoms. The summed E-state index contributed by atoms with van der Waals surface area (Å²) in [5.41, 5.74) is 2.18. The van der Waals surface area contributed by atoms with Gasteiger partial charge in [-0.2, -0.15) is 5.10 Å². The molecule has 0 saturated carbocycles. The average molecular weight is 283 g/mol. The lowest BCUT2D eigenvalue weighted by Gasteiger charge is -2.01. The van der Waals surface area contributed by atoms with E-state index in [9.17, 15) is 0 Å². The maximum absolute atomic E-state index is 4.17. The SMILES string of the molecule is Cc1n[nH]c(C)c1Sc1ccc(Br)cc1. The van der Waals surface area contributed by atoms with Crippen LogP contribution in [-0.4, -0.2) is 10.2 Å². The fourth-order valence-corrected chi connectivity index (χ4v) is 2.48. The van der Waals surface area contributed by atoms with Gasteiger partial charge >= 0.3 is 0 Å². The first-order valence-corrected chi connectivity index (χ1v) is 6.23. The number of hydrogen-bond acceptors (Lipinski definition) is 2. The van der Waals surface area contributed by atoms with E-state index in [1.54, 1.807) is 11.8 Å². The van der Waals surface area contributed by atoms with Crippen LogP contribution in [-0.2, 0) is 0 Å². The summed E-state index contributed by atoms with van der Waals surface area (Å²) in [6.45, 7) is 4.06. The molecule has 78 valence electrons. The van der Waals surface area contributed by atoms with E-state index in [0.29, 0.717) is 0 Å². The smallest absolute Gasteiger partial charge is 0.0733 e. The lowest BCUT2D eigenvalue weighted by atomic mass is 10.4. The van der Waals surface area contributed by atoms with Gasteiger partial charge in [0, 0.05) is 15.1 Å². The fraction of sp³-hybridized carbons (Fsp3) is 0.182. The minimum Gasteiger partial charge on any atom is -0.281 e. The molecule has 0 saturated heterocycles. The molecule has 0 amide bonds. The zero-order valence-electron chi connectivity index (χ0n) is 8.54. The van der Waals surface area contributed by atoms with Gasteiger partial charge < -0.3 is 0 Å². The van der Waals surface area contributed by atoms with Gasteiger partial charge in [0.05, 0.1) is 10.6 Å². The maximum atomic E-state index is 4.17. The third kappa shape index (κ3) is 2.44. The second-order valence-corrected chi connectivity index (χ2v) is 5.32. The molecule has 2 aromatic rings. The van der Waals surface area contributed by atoms with Crippen molar-refractivity contribution in [2.24, 2.45) is 0 Å². The molecule has 0 aliphatic carbocycles. The highest BCUT2D eigenvalue weighted by molar-refractivity contribution is 9.10. The predicted molar refractivity (Wildman–Crippen MR) is 66.3 cm³/mol. The molecule has 15 heavy (non-hydrogen) atoms. The molecule has 0 unspecified atom stereocenters. The molecule has 0 spiro atoms. The predicted octanol–water partition coefficient (Wildman–Crippen LogP) is 3.94. The number of nitrogens with zero attached hydrogens (tertiary/aromatic N) is 1. The van der Waals surface area contributed by atoms with E-state index in [-0.39, 0.29) is 0 Å². The van der Waals surface area contributed by atoms with E-state index >= 15 is 0 Å². The van der Waals surface area contributed by atoms with Crippen LogP contribution in [0.2, 0.25) is 0 Å². The van der Waals surface area contributed by atoms with Crippen LogP contribution in [0, 0.1) is 13.8 Å². The number of benzene rings is 1. The van der Waals surface area contributed by atoms with Gasteiger partial charge in [-0.25, -0.2) is 0 Å². The van der Waals surface area contributed by atoms with Gasteiger partial charge in [-0.15, -0.1) is 0 Å². The third-order valence-electron chi connectivity index (χ3n) is 2.09. The Bertz CT molecular complexity index is 442. The van der Waals surface area contributed by atoms with Gasteiger partial charge in [0.15, 0.2) is 0 Å². The quantitative estimate of drug-likeness (QED) is 0.904. The van der Waals surface area contributed by atoms with Gasteiger partial charge in [0.2, 0.25) is 0 Å². The molecule has 1 aromatic heterocycles. The van der Waals surface area contributed by atoms with Crippen molar-refractivity contribution in [1.29, 1.82) is 0 Å². The number of nitrogens with one attached hydrogen (secondary N) is 1. The van der Waals surface area contributed by atoms with E-state index in [1.807, 2.05) is 26.0 Å². The highest BCUT2D eigenvalue weighted by atomic mass is 79.9. The van der Waals surface area contributed by atoms with Crippen LogP contribution in [0.5, 0.6) is 0 Å². The van der Waals surface area contributed by atoms with E-state index < -0.39 is 0 Å². The highest BCUT2D eigenvalue weighted by Crippen LogP contribution is 2.32. The van der Waals surface area contributed by atoms with Crippen molar-refractivity contribution in [3.63, 3.8) is 0 Å². The molecule has 0 radical (unpaired) electrons. The summed E-state index contributed by atoms with van der Waals surface area (Å²) >= 11 is 5.17. The van der Waals surface area contributed by atoms with Crippen LogP contribution in [0.3, 0.4) is 0 Å². The Morgan fingerprint density at radius 2 is 1.87 bits per heavy atom. The van der Waals surface area contributed by atoms with Gasteiger partial charge in [0.1, 0.15) is 0 Å². The van der Waals surface area contributed by atoms with Crippen LogP contribution in [0.15, 0.2) is 38.5 Å². The third-order valence-corrected chi connectivity index (χ3v) is 3.94. The molecule has 1 N–H and O–H groups in total.